The fourth-order valence-electron chi connectivity index (χ4n) is 2.54. The molecule has 108 valence electrons. The number of hydrogen-bond donors (Lipinski definition) is 1. The molecule has 1 aliphatic heterocycles. The zero-order valence-electron chi connectivity index (χ0n) is 10.9. The van der Waals surface area contributed by atoms with Crippen molar-refractivity contribution in [3.63, 3.8) is 0 Å². The molecule has 0 radical (unpaired) electrons. The molecular weight excluding hydrogens is 295 g/mol. The summed E-state index contributed by atoms with van der Waals surface area (Å²) in [7, 11) is 0. The average molecular weight is 307 g/mol. The molecular formula is C16H12ClFO3. The predicted molar refractivity (Wildman–Crippen MR) is 76.3 cm³/mol. The summed E-state index contributed by atoms with van der Waals surface area (Å²) in [5.41, 5.74) is 1.38. The van der Waals surface area contributed by atoms with Gasteiger partial charge in [-0.2, -0.15) is 0 Å². The number of fused-ring (bicyclic) bond motifs is 1. The number of halogens is 2. The largest absolute Gasteiger partial charge is 0.508 e. The van der Waals surface area contributed by atoms with Crippen LogP contribution < -0.4 is 4.74 Å². The molecule has 0 spiro atoms. The molecule has 0 saturated carbocycles. The third-order valence-electron chi connectivity index (χ3n) is 3.61. The Balaban J connectivity index is 1.98. The summed E-state index contributed by atoms with van der Waals surface area (Å²) >= 11 is 5.79. The van der Waals surface area contributed by atoms with E-state index in [1.54, 1.807) is 12.1 Å². The molecule has 0 aliphatic carbocycles. The van der Waals surface area contributed by atoms with Crippen LogP contribution in [0.3, 0.4) is 0 Å². The van der Waals surface area contributed by atoms with E-state index in [0.29, 0.717) is 23.3 Å². The van der Waals surface area contributed by atoms with Gasteiger partial charge in [0.2, 0.25) is 0 Å². The van der Waals surface area contributed by atoms with E-state index in [0.717, 1.165) is 6.29 Å². The van der Waals surface area contributed by atoms with Gasteiger partial charge in [0.05, 0.1) is 5.02 Å². The molecule has 1 aliphatic rings. The van der Waals surface area contributed by atoms with Crippen LogP contribution in [0.15, 0.2) is 36.4 Å². The van der Waals surface area contributed by atoms with Gasteiger partial charge < -0.3 is 14.6 Å². The Labute approximate surface area is 125 Å². The summed E-state index contributed by atoms with van der Waals surface area (Å²) in [5, 5.41) is 9.54. The second kappa shape index (κ2) is 5.37. The van der Waals surface area contributed by atoms with E-state index in [-0.39, 0.29) is 22.8 Å². The van der Waals surface area contributed by atoms with Crippen LogP contribution in [-0.2, 0) is 4.79 Å². The first-order valence-electron chi connectivity index (χ1n) is 6.48. The van der Waals surface area contributed by atoms with Crippen molar-refractivity contribution in [3.05, 3.63) is 58.4 Å². The van der Waals surface area contributed by atoms with Gasteiger partial charge in [0.15, 0.2) is 0 Å². The van der Waals surface area contributed by atoms with Crippen molar-refractivity contribution >= 4 is 17.9 Å². The van der Waals surface area contributed by atoms with Crippen LogP contribution in [0.25, 0.3) is 0 Å². The highest BCUT2D eigenvalue weighted by molar-refractivity contribution is 6.30. The summed E-state index contributed by atoms with van der Waals surface area (Å²) in [6, 6.07) is 9.04. The van der Waals surface area contributed by atoms with Crippen LogP contribution in [0, 0.1) is 5.82 Å². The first-order chi connectivity index (χ1) is 10.1. The van der Waals surface area contributed by atoms with Crippen LogP contribution in [0.1, 0.15) is 29.6 Å². The molecule has 0 aromatic heterocycles. The van der Waals surface area contributed by atoms with Crippen LogP contribution in [0.2, 0.25) is 5.02 Å². The maximum atomic E-state index is 13.2. The minimum absolute atomic E-state index is 0.0234. The number of benzene rings is 2. The molecule has 0 fully saturated rings. The van der Waals surface area contributed by atoms with E-state index in [1.165, 1.54) is 24.3 Å². The molecule has 0 amide bonds. The third-order valence-corrected chi connectivity index (χ3v) is 3.90. The number of aldehydes is 1. The highest BCUT2D eigenvalue weighted by atomic mass is 35.5. The Bertz CT molecular complexity index is 702. The fraction of sp³-hybridized carbons (Fsp3) is 0.188. The lowest BCUT2D eigenvalue weighted by molar-refractivity contribution is -0.110. The minimum atomic E-state index is -0.492. The Hall–Kier alpha value is -2.07. The normalized spacial score (nSPS) is 20.5. The maximum absolute atomic E-state index is 13.2. The van der Waals surface area contributed by atoms with Crippen molar-refractivity contribution in [2.75, 3.05) is 0 Å². The van der Waals surface area contributed by atoms with Crippen molar-refractivity contribution < 1.29 is 19.0 Å². The van der Waals surface area contributed by atoms with Gasteiger partial charge in [0.1, 0.15) is 29.7 Å². The van der Waals surface area contributed by atoms with E-state index < -0.39 is 5.82 Å². The van der Waals surface area contributed by atoms with Gasteiger partial charge in [-0.3, -0.25) is 0 Å². The third kappa shape index (κ3) is 2.59. The van der Waals surface area contributed by atoms with Crippen molar-refractivity contribution in [1.82, 2.24) is 0 Å². The predicted octanol–water partition coefficient (Wildman–Crippen LogP) is 3.99. The summed E-state index contributed by atoms with van der Waals surface area (Å²) in [4.78, 5) is 11.3. The van der Waals surface area contributed by atoms with E-state index in [4.69, 9.17) is 16.3 Å². The molecule has 0 saturated heterocycles. The van der Waals surface area contributed by atoms with Gasteiger partial charge >= 0.3 is 0 Å². The van der Waals surface area contributed by atoms with Gasteiger partial charge in [-0.05, 0) is 35.9 Å². The number of carbonyl (C=O) groups is 1. The summed E-state index contributed by atoms with van der Waals surface area (Å²) in [6.07, 6.45) is 0.872. The van der Waals surface area contributed by atoms with Gasteiger partial charge in [-0.15, -0.1) is 0 Å². The Kier molecular flexibility index (Phi) is 3.55. The molecule has 1 N–H and O–H groups in total. The van der Waals surface area contributed by atoms with E-state index in [2.05, 4.69) is 0 Å². The minimum Gasteiger partial charge on any atom is -0.508 e. The quantitative estimate of drug-likeness (QED) is 0.853. The summed E-state index contributed by atoms with van der Waals surface area (Å²) < 4.78 is 19.1. The van der Waals surface area contributed by atoms with Gasteiger partial charge in [-0.1, -0.05) is 17.7 Å². The Morgan fingerprint density at radius 1 is 1.29 bits per heavy atom. The Morgan fingerprint density at radius 3 is 2.81 bits per heavy atom. The zero-order chi connectivity index (χ0) is 15.0. The van der Waals surface area contributed by atoms with E-state index >= 15 is 0 Å². The second-order valence-corrected chi connectivity index (χ2v) is 5.39. The lowest BCUT2D eigenvalue weighted by Gasteiger charge is -2.30. The van der Waals surface area contributed by atoms with E-state index in [9.17, 15) is 14.3 Å². The second-order valence-electron chi connectivity index (χ2n) is 4.98. The topological polar surface area (TPSA) is 46.5 Å². The van der Waals surface area contributed by atoms with Crippen LogP contribution in [0.5, 0.6) is 11.5 Å². The number of aromatic hydroxyl groups is 1. The molecule has 1 heterocycles. The summed E-state index contributed by atoms with van der Waals surface area (Å²) in [6.45, 7) is 0. The molecule has 3 rings (SSSR count). The molecule has 2 unspecified atom stereocenters. The molecule has 2 aromatic rings. The van der Waals surface area contributed by atoms with Crippen molar-refractivity contribution in [3.8, 4) is 11.5 Å². The number of rotatable bonds is 2. The number of ether oxygens (including phenoxy) is 1. The average Bonchev–Trinajstić information content (AvgIpc) is 2.49. The lowest BCUT2D eigenvalue weighted by Crippen LogP contribution is -2.20. The SMILES string of the molecule is O=CC1CC(c2ccc(F)c(Cl)c2)Oc2ccc(O)cc21. The number of hydrogen-bond acceptors (Lipinski definition) is 3. The van der Waals surface area contributed by atoms with Crippen LogP contribution >= 0.6 is 11.6 Å². The lowest BCUT2D eigenvalue weighted by atomic mass is 9.88. The number of carbonyl (C=O) groups excluding carboxylic acids is 1. The fourth-order valence-corrected chi connectivity index (χ4v) is 2.73. The molecule has 2 atom stereocenters. The molecule has 0 bridgehead atoms. The number of phenolic OH excluding ortho intramolecular Hbond substituents is 1. The van der Waals surface area contributed by atoms with Crippen LogP contribution in [-0.4, -0.2) is 11.4 Å². The molecule has 2 aromatic carbocycles. The van der Waals surface area contributed by atoms with Gasteiger partial charge in [0.25, 0.3) is 0 Å². The van der Waals surface area contributed by atoms with Gasteiger partial charge in [-0.25, -0.2) is 4.39 Å². The van der Waals surface area contributed by atoms with E-state index in [1.807, 2.05) is 0 Å². The molecule has 21 heavy (non-hydrogen) atoms. The smallest absolute Gasteiger partial charge is 0.141 e. The van der Waals surface area contributed by atoms with Crippen molar-refractivity contribution in [2.24, 2.45) is 0 Å². The number of phenols is 1. The zero-order valence-corrected chi connectivity index (χ0v) is 11.7. The van der Waals surface area contributed by atoms with Crippen molar-refractivity contribution in [1.29, 1.82) is 0 Å². The monoisotopic (exact) mass is 306 g/mol. The summed E-state index contributed by atoms with van der Waals surface area (Å²) in [5.74, 6) is -0.239. The maximum Gasteiger partial charge on any atom is 0.141 e. The highest BCUT2D eigenvalue weighted by Crippen LogP contribution is 2.42. The van der Waals surface area contributed by atoms with Gasteiger partial charge in [0, 0.05) is 17.9 Å². The molecule has 3 nitrogen and oxygen atoms in total. The highest BCUT2D eigenvalue weighted by Gasteiger charge is 2.29. The Morgan fingerprint density at radius 2 is 2.10 bits per heavy atom. The first kappa shape index (κ1) is 13.9. The van der Waals surface area contributed by atoms with Crippen LogP contribution in [0.4, 0.5) is 4.39 Å². The van der Waals surface area contributed by atoms with Crippen molar-refractivity contribution in [2.45, 2.75) is 18.4 Å². The standard InChI is InChI=1S/C16H12ClFO3/c17-13-5-9(1-3-14(13)18)16-6-10(8-19)12-7-11(20)2-4-15(12)21-16/h1-5,7-8,10,16,20H,6H2. The molecule has 5 heteroatoms. The first-order valence-corrected chi connectivity index (χ1v) is 6.86.